The van der Waals surface area contributed by atoms with Crippen molar-refractivity contribution in [2.45, 2.75) is 20.8 Å². The number of pyridine rings is 2. The number of hydrogen-bond donors (Lipinski definition) is 2. The molecule has 0 fully saturated rings. The molecule has 4 rings (SSSR count). The van der Waals surface area contributed by atoms with Gasteiger partial charge in [0.2, 0.25) is 0 Å². The summed E-state index contributed by atoms with van der Waals surface area (Å²) >= 11 is 0. The molecule has 33 heavy (non-hydrogen) atoms. The van der Waals surface area contributed by atoms with Crippen LogP contribution in [0.2, 0.25) is 0 Å². The monoisotopic (exact) mass is 438 g/mol. The van der Waals surface area contributed by atoms with Crippen LogP contribution in [0.1, 0.15) is 22.5 Å². The summed E-state index contributed by atoms with van der Waals surface area (Å²) in [5.41, 5.74) is 3.43. The molecule has 10 heteroatoms. The fraction of sp³-hybridized carbons (Fsp3) is 0.174. The zero-order valence-corrected chi connectivity index (χ0v) is 18.7. The van der Waals surface area contributed by atoms with Gasteiger partial charge in [0.25, 0.3) is 5.95 Å². The first-order valence-electron chi connectivity index (χ1n) is 10.2. The lowest BCUT2D eigenvalue weighted by atomic mass is 10.1. The van der Waals surface area contributed by atoms with E-state index in [9.17, 15) is 5.26 Å². The molecule has 3 aromatic heterocycles. The average molecular weight is 438 g/mol. The Morgan fingerprint density at radius 3 is 2.42 bits per heavy atom. The highest BCUT2D eigenvalue weighted by molar-refractivity contribution is 5.76. The van der Waals surface area contributed by atoms with E-state index in [2.05, 4.69) is 47.0 Å². The van der Waals surface area contributed by atoms with Gasteiger partial charge in [-0.15, -0.1) is 15.3 Å². The lowest BCUT2D eigenvalue weighted by Crippen LogP contribution is -2.04. The molecule has 0 unspecified atom stereocenters. The second-order valence-electron chi connectivity index (χ2n) is 7.27. The van der Waals surface area contributed by atoms with Gasteiger partial charge in [-0.25, -0.2) is 9.97 Å². The molecular formula is C23H22N10. The van der Waals surface area contributed by atoms with E-state index in [0.717, 1.165) is 11.3 Å². The summed E-state index contributed by atoms with van der Waals surface area (Å²) in [5.74, 6) is 2.30. The quantitative estimate of drug-likeness (QED) is 0.403. The normalized spacial score (nSPS) is 10.9. The van der Waals surface area contributed by atoms with Crippen LogP contribution in [-0.4, -0.2) is 31.8 Å². The number of benzene rings is 1. The van der Waals surface area contributed by atoms with Gasteiger partial charge in [-0.1, -0.05) is 23.8 Å². The SMILES string of the molecule is CNc1nc(Nc2ccc(C)cc2)c(C#N)c(C)c1N=Nc1nc(C)nn1-c1ccccn1. The van der Waals surface area contributed by atoms with E-state index in [0.29, 0.717) is 40.1 Å². The largest absolute Gasteiger partial charge is 0.371 e. The summed E-state index contributed by atoms with van der Waals surface area (Å²) in [6.45, 7) is 5.59. The van der Waals surface area contributed by atoms with Crippen molar-refractivity contribution in [3.8, 4) is 11.9 Å². The number of nitrogens with one attached hydrogen (secondary N) is 2. The summed E-state index contributed by atoms with van der Waals surface area (Å²) in [7, 11) is 1.74. The number of nitrogens with zero attached hydrogens (tertiary/aromatic N) is 8. The Balaban J connectivity index is 1.74. The highest BCUT2D eigenvalue weighted by Crippen LogP contribution is 2.35. The van der Waals surface area contributed by atoms with Gasteiger partial charge in [-0.3, -0.25) is 0 Å². The Labute approximate surface area is 191 Å². The molecule has 1 aromatic carbocycles. The number of anilines is 3. The summed E-state index contributed by atoms with van der Waals surface area (Å²) in [6.07, 6.45) is 1.67. The van der Waals surface area contributed by atoms with Crippen molar-refractivity contribution in [2.75, 3.05) is 17.7 Å². The maximum atomic E-state index is 9.83. The average Bonchev–Trinajstić information content (AvgIpc) is 3.20. The first-order valence-corrected chi connectivity index (χ1v) is 10.2. The first kappa shape index (κ1) is 21.6. The lowest BCUT2D eigenvalue weighted by molar-refractivity contribution is 0.826. The van der Waals surface area contributed by atoms with Gasteiger partial charge in [0, 0.05) is 24.5 Å². The number of rotatable bonds is 6. The summed E-state index contributed by atoms with van der Waals surface area (Å²) in [4.78, 5) is 13.2. The maximum Gasteiger partial charge on any atom is 0.273 e. The van der Waals surface area contributed by atoms with Crippen molar-refractivity contribution in [1.29, 1.82) is 5.26 Å². The highest BCUT2D eigenvalue weighted by Gasteiger charge is 2.18. The van der Waals surface area contributed by atoms with Gasteiger partial charge in [-0.2, -0.15) is 14.9 Å². The van der Waals surface area contributed by atoms with Crippen molar-refractivity contribution < 1.29 is 0 Å². The van der Waals surface area contributed by atoms with Crippen molar-refractivity contribution in [1.82, 2.24) is 24.7 Å². The van der Waals surface area contributed by atoms with Crippen LogP contribution in [0.25, 0.3) is 5.82 Å². The molecule has 0 atom stereocenters. The zero-order valence-electron chi connectivity index (χ0n) is 18.7. The van der Waals surface area contributed by atoms with Crippen LogP contribution < -0.4 is 10.6 Å². The Hall–Kier alpha value is -4.65. The number of hydrogen-bond acceptors (Lipinski definition) is 9. The van der Waals surface area contributed by atoms with Crippen LogP contribution in [0.3, 0.4) is 0 Å². The highest BCUT2D eigenvalue weighted by atomic mass is 15.4. The third-order valence-corrected chi connectivity index (χ3v) is 4.88. The summed E-state index contributed by atoms with van der Waals surface area (Å²) in [6, 6.07) is 15.6. The van der Waals surface area contributed by atoms with Gasteiger partial charge >= 0.3 is 0 Å². The standard InChI is InChI=1S/C23H22N10/c1-14-8-10-17(11-9-14)28-21-18(13-24)15(2)20(22(25-4)29-21)30-31-23-27-16(3)32-33(23)19-7-5-6-12-26-19/h5-12H,1-4H3,(H2,25,28,29). The lowest BCUT2D eigenvalue weighted by Gasteiger charge is -2.14. The van der Waals surface area contributed by atoms with E-state index in [1.165, 1.54) is 4.68 Å². The minimum atomic E-state index is 0.271. The molecule has 2 N–H and O–H groups in total. The van der Waals surface area contributed by atoms with Crippen LogP contribution in [0, 0.1) is 32.1 Å². The molecule has 0 bridgehead atoms. The number of aromatic nitrogens is 5. The molecule has 3 heterocycles. The number of aryl methyl sites for hydroxylation is 2. The Kier molecular flexibility index (Phi) is 6.04. The molecular weight excluding hydrogens is 416 g/mol. The van der Waals surface area contributed by atoms with Gasteiger partial charge in [-0.05, 0) is 45.0 Å². The fourth-order valence-electron chi connectivity index (χ4n) is 3.19. The predicted molar refractivity (Wildman–Crippen MR) is 126 cm³/mol. The Morgan fingerprint density at radius 1 is 0.970 bits per heavy atom. The van der Waals surface area contributed by atoms with Gasteiger partial charge in [0.15, 0.2) is 17.5 Å². The smallest absolute Gasteiger partial charge is 0.273 e. The van der Waals surface area contributed by atoms with Crippen molar-refractivity contribution in [3.63, 3.8) is 0 Å². The molecule has 0 aliphatic heterocycles. The van der Waals surface area contributed by atoms with Crippen LogP contribution >= 0.6 is 0 Å². The number of azo groups is 1. The minimum Gasteiger partial charge on any atom is -0.371 e. The van der Waals surface area contributed by atoms with E-state index < -0.39 is 0 Å². The summed E-state index contributed by atoms with van der Waals surface area (Å²) < 4.78 is 1.51. The van der Waals surface area contributed by atoms with Gasteiger partial charge in [0.05, 0.1) is 5.56 Å². The Morgan fingerprint density at radius 2 is 1.76 bits per heavy atom. The van der Waals surface area contributed by atoms with E-state index in [-0.39, 0.29) is 5.95 Å². The van der Waals surface area contributed by atoms with Gasteiger partial charge in [0.1, 0.15) is 17.6 Å². The van der Waals surface area contributed by atoms with Crippen LogP contribution in [0.4, 0.5) is 29.0 Å². The topological polar surface area (TPSA) is 129 Å². The van der Waals surface area contributed by atoms with E-state index in [1.807, 2.05) is 50.2 Å². The van der Waals surface area contributed by atoms with E-state index in [4.69, 9.17) is 0 Å². The third kappa shape index (κ3) is 4.52. The second-order valence-corrected chi connectivity index (χ2v) is 7.27. The van der Waals surface area contributed by atoms with E-state index >= 15 is 0 Å². The maximum absolute atomic E-state index is 9.83. The van der Waals surface area contributed by atoms with Crippen molar-refractivity contribution in [3.05, 3.63) is 71.2 Å². The number of nitriles is 1. The summed E-state index contributed by atoms with van der Waals surface area (Å²) in [5, 5.41) is 29.1. The third-order valence-electron chi connectivity index (χ3n) is 4.88. The fourth-order valence-corrected chi connectivity index (χ4v) is 3.19. The molecule has 0 aliphatic carbocycles. The minimum absolute atomic E-state index is 0.271. The molecule has 4 aromatic rings. The van der Waals surface area contributed by atoms with Crippen LogP contribution in [-0.2, 0) is 0 Å². The van der Waals surface area contributed by atoms with Crippen LogP contribution in [0.15, 0.2) is 58.9 Å². The van der Waals surface area contributed by atoms with Gasteiger partial charge < -0.3 is 10.6 Å². The molecule has 0 amide bonds. The molecule has 0 aliphatic rings. The first-order chi connectivity index (χ1) is 16.0. The molecule has 0 saturated carbocycles. The second kappa shape index (κ2) is 9.23. The zero-order chi connectivity index (χ0) is 23.4. The van der Waals surface area contributed by atoms with Crippen LogP contribution in [0.5, 0.6) is 0 Å². The Bertz CT molecular complexity index is 1350. The molecule has 164 valence electrons. The van der Waals surface area contributed by atoms with Crippen molar-refractivity contribution >= 4 is 29.0 Å². The molecule has 0 saturated heterocycles. The molecule has 10 nitrogen and oxygen atoms in total. The van der Waals surface area contributed by atoms with E-state index in [1.54, 1.807) is 26.2 Å². The molecule has 0 radical (unpaired) electrons. The predicted octanol–water partition coefficient (Wildman–Crippen LogP) is 5.05. The van der Waals surface area contributed by atoms with Crippen molar-refractivity contribution in [2.24, 2.45) is 10.2 Å². The molecule has 0 spiro atoms.